The molecule has 6 heteroatoms. The number of rotatable bonds is 5. The van der Waals surface area contributed by atoms with Crippen molar-refractivity contribution >= 4 is 17.3 Å². The molecule has 1 saturated heterocycles. The SMILES string of the molecule is CCn1c(C)cc([C@@H]2[C@H](c3ccccn3)NC(=S)N2Cc2ccccn2)c1C. The van der Waals surface area contributed by atoms with Crippen LogP contribution in [0.15, 0.2) is 54.9 Å². The number of thiocarbonyl (C=S) groups is 1. The minimum absolute atomic E-state index is 0.00298. The first-order valence-electron chi connectivity index (χ1n) is 9.64. The highest BCUT2D eigenvalue weighted by atomic mass is 32.1. The Hall–Kier alpha value is -2.73. The fourth-order valence-corrected chi connectivity index (χ4v) is 4.50. The van der Waals surface area contributed by atoms with E-state index in [0.717, 1.165) is 23.0 Å². The van der Waals surface area contributed by atoms with Gasteiger partial charge in [0.05, 0.1) is 30.0 Å². The summed E-state index contributed by atoms with van der Waals surface area (Å²) in [4.78, 5) is 11.4. The third-order valence-corrected chi connectivity index (χ3v) is 5.86. The van der Waals surface area contributed by atoms with Gasteiger partial charge in [-0.15, -0.1) is 0 Å². The molecule has 0 radical (unpaired) electrons. The smallest absolute Gasteiger partial charge is 0.170 e. The number of aryl methyl sites for hydroxylation is 1. The summed E-state index contributed by atoms with van der Waals surface area (Å²) in [5.41, 5.74) is 5.84. The van der Waals surface area contributed by atoms with Crippen LogP contribution in [-0.4, -0.2) is 24.5 Å². The van der Waals surface area contributed by atoms with Gasteiger partial charge in [-0.3, -0.25) is 9.97 Å². The quantitative estimate of drug-likeness (QED) is 0.664. The Morgan fingerprint density at radius 2 is 1.82 bits per heavy atom. The van der Waals surface area contributed by atoms with Crippen LogP contribution in [0.25, 0.3) is 0 Å². The molecule has 0 aromatic carbocycles. The highest BCUT2D eigenvalue weighted by molar-refractivity contribution is 7.80. The van der Waals surface area contributed by atoms with Crippen LogP contribution in [0.5, 0.6) is 0 Å². The van der Waals surface area contributed by atoms with Gasteiger partial charge in [-0.05, 0) is 68.9 Å². The Morgan fingerprint density at radius 1 is 1.07 bits per heavy atom. The van der Waals surface area contributed by atoms with Crippen LogP contribution in [0.3, 0.4) is 0 Å². The zero-order valence-electron chi connectivity index (χ0n) is 16.5. The first-order valence-corrected chi connectivity index (χ1v) is 10.1. The second-order valence-corrected chi connectivity index (χ2v) is 7.53. The molecule has 2 atom stereocenters. The van der Waals surface area contributed by atoms with E-state index in [4.69, 9.17) is 12.2 Å². The largest absolute Gasteiger partial charge is 0.352 e. The molecule has 0 unspecified atom stereocenters. The molecule has 4 heterocycles. The Balaban J connectivity index is 1.80. The zero-order valence-corrected chi connectivity index (χ0v) is 17.3. The second-order valence-electron chi connectivity index (χ2n) is 7.15. The molecule has 0 bridgehead atoms. The number of hydrogen-bond acceptors (Lipinski definition) is 3. The Kier molecular flexibility index (Phi) is 5.13. The highest BCUT2D eigenvalue weighted by Crippen LogP contribution is 2.41. The standard InChI is InChI=1S/C22H25N5S/c1-4-26-15(2)13-18(16(26)3)21-20(19-10-6-8-12-24-19)25-22(28)27(21)14-17-9-5-7-11-23-17/h5-13,20-21H,4,14H2,1-3H3,(H,25,28)/t20-,21+/m0/s1. The number of nitrogens with zero attached hydrogens (tertiary/aromatic N) is 4. The summed E-state index contributed by atoms with van der Waals surface area (Å²) in [5.74, 6) is 0. The van der Waals surface area contributed by atoms with Gasteiger partial charge in [-0.25, -0.2) is 0 Å². The van der Waals surface area contributed by atoms with Crippen molar-refractivity contribution in [1.82, 2.24) is 24.8 Å². The van der Waals surface area contributed by atoms with Gasteiger partial charge < -0.3 is 14.8 Å². The van der Waals surface area contributed by atoms with Crippen molar-refractivity contribution in [3.05, 3.63) is 83.2 Å². The minimum Gasteiger partial charge on any atom is -0.352 e. The van der Waals surface area contributed by atoms with Crippen molar-refractivity contribution in [3.8, 4) is 0 Å². The van der Waals surface area contributed by atoms with Crippen LogP contribution in [-0.2, 0) is 13.1 Å². The molecule has 1 aliphatic rings. The molecule has 1 aliphatic heterocycles. The van der Waals surface area contributed by atoms with Gasteiger partial charge in [0.1, 0.15) is 0 Å². The maximum absolute atomic E-state index is 5.76. The monoisotopic (exact) mass is 391 g/mol. The summed E-state index contributed by atoms with van der Waals surface area (Å²) in [6.45, 7) is 8.16. The predicted octanol–water partition coefficient (Wildman–Crippen LogP) is 4.09. The fourth-order valence-electron chi connectivity index (χ4n) is 4.19. The fraction of sp³-hybridized carbons (Fsp3) is 0.318. The van der Waals surface area contributed by atoms with E-state index in [2.05, 4.69) is 57.7 Å². The molecule has 3 aromatic heterocycles. The van der Waals surface area contributed by atoms with Crippen LogP contribution in [0.1, 0.15) is 47.3 Å². The maximum Gasteiger partial charge on any atom is 0.170 e. The van der Waals surface area contributed by atoms with E-state index in [1.54, 1.807) is 0 Å². The van der Waals surface area contributed by atoms with E-state index >= 15 is 0 Å². The lowest BCUT2D eigenvalue weighted by molar-refractivity contribution is 0.307. The summed E-state index contributed by atoms with van der Waals surface area (Å²) in [6, 6.07) is 14.4. The van der Waals surface area contributed by atoms with Crippen molar-refractivity contribution in [2.24, 2.45) is 0 Å². The van der Waals surface area contributed by atoms with Crippen LogP contribution in [0, 0.1) is 13.8 Å². The molecule has 5 nitrogen and oxygen atoms in total. The molecule has 4 rings (SSSR count). The van der Waals surface area contributed by atoms with Crippen LogP contribution in [0.4, 0.5) is 0 Å². The summed E-state index contributed by atoms with van der Waals surface area (Å²) in [5, 5.41) is 4.26. The van der Waals surface area contributed by atoms with E-state index in [-0.39, 0.29) is 12.1 Å². The van der Waals surface area contributed by atoms with Crippen LogP contribution >= 0.6 is 12.2 Å². The number of nitrogens with one attached hydrogen (secondary N) is 1. The minimum atomic E-state index is 0.00298. The van der Waals surface area contributed by atoms with Crippen molar-refractivity contribution in [1.29, 1.82) is 0 Å². The molecule has 0 amide bonds. The number of aromatic nitrogens is 3. The highest BCUT2D eigenvalue weighted by Gasteiger charge is 2.41. The molecule has 28 heavy (non-hydrogen) atoms. The van der Waals surface area contributed by atoms with Gasteiger partial charge in [-0.1, -0.05) is 12.1 Å². The van der Waals surface area contributed by atoms with E-state index in [1.165, 1.54) is 17.0 Å². The molecular weight excluding hydrogens is 366 g/mol. The number of hydrogen-bond donors (Lipinski definition) is 1. The molecule has 1 fully saturated rings. The maximum atomic E-state index is 5.76. The van der Waals surface area contributed by atoms with Crippen molar-refractivity contribution in [2.75, 3.05) is 0 Å². The van der Waals surface area contributed by atoms with Crippen LogP contribution in [0.2, 0.25) is 0 Å². The molecule has 3 aromatic rings. The van der Waals surface area contributed by atoms with Gasteiger partial charge in [0, 0.05) is 30.3 Å². The molecular formula is C22H25N5S. The predicted molar refractivity (Wildman–Crippen MR) is 115 cm³/mol. The third kappa shape index (κ3) is 3.29. The third-order valence-electron chi connectivity index (χ3n) is 5.50. The van der Waals surface area contributed by atoms with Gasteiger partial charge in [0.2, 0.25) is 0 Å². The van der Waals surface area contributed by atoms with E-state index in [1.807, 2.05) is 42.7 Å². The average Bonchev–Trinajstić information content (AvgIpc) is 3.19. The first-order chi connectivity index (χ1) is 13.6. The van der Waals surface area contributed by atoms with Gasteiger partial charge in [0.25, 0.3) is 0 Å². The van der Waals surface area contributed by atoms with E-state index in [9.17, 15) is 0 Å². The summed E-state index contributed by atoms with van der Waals surface area (Å²) < 4.78 is 2.35. The second kappa shape index (κ2) is 7.72. The Bertz CT molecular complexity index is 967. The average molecular weight is 392 g/mol. The molecule has 0 spiro atoms. The van der Waals surface area contributed by atoms with Crippen molar-refractivity contribution in [2.45, 2.75) is 45.9 Å². The Morgan fingerprint density at radius 3 is 2.43 bits per heavy atom. The summed E-state index contributed by atoms with van der Waals surface area (Å²) in [6.07, 6.45) is 3.67. The molecule has 0 saturated carbocycles. The van der Waals surface area contributed by atoms with Gasteiger partial charge in [-0.2, -0.15) is 0 Å². The van der Waals surface area contributed by atoms with Crippen LogP contribution < -0.4 is 5.32 Å². The Labute approximate surface area is 171 Å². The lowest BCUT2D eigenvalue weighted by Gasteiger charge is -2.28. The summed E-state index contributed by atoms with van der Waals surface area (Å²) >= 11 is 5.76. The first kappa shape index (κ1) is 18.6. The van der Waals surface area contributed by atoms with Gasteiger partial charge >= 0.3 is 0 Å². The molecule has 1 N–H and O–H groups in total. The van der Waals surface area contributed by atoms with Crippen molar-refractivity contribution < 1.29 is 0 Å². The lowest BCUT2D eigenvalue weighted by atomic mass is 9.96. The molecule has 0 aliphatic carbocycles. The van der Waals surface area contributed by atoms with E-state index in [0.29, 0.717) is 6.54 Å². The lowest BCUT2D eigenvalue weighted by Crippen LogP contribution is -2.29. The number of pyridine rings is 2. The van der Waals surface area contributed by atoms with Gasteiger partial charge in [0.15, 0.2) is 5.11 Å². The molecule has 144 valence electrons. The zero-order chi connectivity index (χ0) is 19.7. The summed E-state index contributed by atoms with van der Waals surface area (Å²) in [7, 11) is 0. The van der Waals surface area contributed by atoms with E-state index < -0.39 is 0 Å². The normalized spacial score (nSPS) is 19.1. The topological polar surface area (TPSA) is 46.0 Å². The van der Waals surface area contributed by atoms with Crippen molar-refractivity contribution in [3.63, 3.8) is 0 Å².